The van der Waals surface area contributed by atoms with Gasteiger partial charge in [0.05, 0.1) is 6.61 Å². The van der Waals surface area contributed by atoms with Crippen molar-refractivity contribution in [3.05, 3.63) is 5.21 Å². The second-order valence-electron chi connectivity index (χ2n) is 4.77. The van der Waals surface area contributed by atoms with Crippen LogP contribution in [0.4, 0.5) is 0 Å². The zero-order chi connectivity index (χ0) is 11.5. The van der Waals surface area contributed by atoms with Crippen molar-refractivity contribution in [1.29, 1.82) is 0 Å². The third-order valence-corrected chi connectivity index (χ3v) is 3.09. The first-order chi connectivity index (χ1) is 7.48. The maximum Gasteiger partial charge on any atom is 0.226 e. The monoisotopic (exact) mass is 229 g/mol. The van der Waals surface area contributed by atoms with Crippen LogP contribution in [0.25, 0.3) is 0 Å². The largest absolute Gasteiger partial charge is 0.624 e. The summed E-state index contributed by atoms with van der Waals surface area (Å²) >= 11 is 0. The summed E-state index contributed by atoms with van der Waals surface area (Å²) in [7, 11) is 1.45. The molecule has 3 heterocycles. The predicted octanol–water partition coefficient (Wildman–Crippen LogP) is -0.157. The average Bonchev–Trinajstić information content (AvgIpc) is 2.68. The van der Waals surface area contributed by atoms with Crippen LogP contribution < -0.4 is 0 Å². The maximum absolute atomic E-state index is 11.5. The normalized spacial score (nSPS) is 47.9. The van der Waals surface area contributed by atoms with Crippen LogP contribution in [0, 0.1) is 5.21 Å². The molecule has 0 aromatic rings. The summed E-state index contributed by atoms with van der Waals surface area (Å²) in [5, 5.41) is 11.5. The van der Waals surface area contributed by atoms with E-state index in [2.05, 4.69) is 0 Å². The minimum absolute atomic E-state index is 0.300. The standard InChI is InChI=1S/C10H15NO5/c1-10(2)15-7-6(11(3)12)5-4-13-9(14-5)8(7)16-10/h5,7-9H,4H2,1-3H3/b11-6+/t5-,7+,8+,9-/m1/s1. The van der Waals surface area contributed by atoms with Gasteiger partial charge in [-0.1, -0.05) is 0 Å². The van der Waals surface area contributed by atoms with E-state index in [-0.39, 0.29) is 18.3 Å². The summed E-state index contributed by atoms with van der Waals surface area (Å²) in [6.07, 6.45) is -1.42. The van der Waals surface area contributed by atoms with Crippen LogP contribution in [-0.2, 0) is 18.9 Å². The molecule has 0 amide bonds. The summed E-state index contributed by atoms with van der Waals surface area (Å²) in [4.78, 5) is 0. The lowest BCUT2D eigenvalue weighted by Crippen LogP contribution is -2.52. The fraction of sp³-hybridized carbons (Fsp3) is 0.900. The molecule has 4 atom stereocenters. The van der Waals surface area contributed by atoms with Crippen molar-refractivity contribution in [1.82, 2.24) is 0 Å². The minimum Gasteiger partial charge on any atom is -0.624 e. The van der Waals surface area contributed by atoms with Gasteiger partial charge in [-0.05, 0) is 13.8 Å². The minimum atomic E-state index is -0.701. The van der Waals surface area contributed by atoms with Crippen LogP contribution in [0.15, 0.2) is 0 Å². The molecule has 16 heavy (non-hydrogen) atoms. The Morgan fingerprint density at radius 3 is 2.81 bits per heavy atom. The van der Waals surface area contributed by atoms with E-state index < -0.39 is 12.1 Å². The van der Waals surface area contributed by atoms with Crippen molar-refractivity contribution in [3.8, 4) is 0 Å². The number of rotatable bonds is 0. The van der Waals surface area contributed by atoms with E-state index in [0.717, 1.165) is 4.74 Å². The van der Waals surface area contributed by atoms with Crippen molar-refractivity contribution in [2.24, 2.45) is 0 Å². The molecule has 3 rings (SSSR count). The molecule has 3 aliphatic rings. The van der Waals surface area contributed by atoms with Crippen molar-refractivity contribution >= 4 is 5.71 Å². The van der Waals surface area contributed by atoms with E-state index in [1.165, 1.54) is 7.05 Å². The zero-order valence-corrected chi connectivity index (χ0v) is 9.50. The maximum atomic E-state index is 11.5. The molecule has 0 spiro atoms. The zero-order valence-electron chi connectivity index (χ0n) is 9.50. The van der Waals surface area contributed by atoms with E-state index in [9.17, 15) is 5.21 Å². The summed E-state index contributed by atoms with van der Waals surface area (Å²) in [5.74, 6) is -0.701. The second kappa shape index (κ2) is 3.16. The van der Waals surface area contributed by atoms with Gasteiger partial charge in [0.15, 0.2) is 24.3 Å². The molecule has 0 N–H and O–H groups in total. The molecule has 0 unspecified atom stereocenters. The lowest BCUT2D eigenvalue weighted by Gasteiger charge is -2.27. The summed E-state index contributed by atoms with van der Waals surface area (Å²) in [6, 6.07) is 0. The molecule has 0 aliphatic carbocycles. The van der Waals surface area contributed by atoms with Gasteiger partial charge in [-0.25, -0.2) is 4.74 Å². The van der Waals surface area contributed by atoms with Gasteiger partial charge in [0.1, 0.15) is 13.2 Å². The Morgan fingerprint density at radius 1 is 1.38 bits per heavy atom. The van der Waals surface area contributed by atoms with Gasteiger partial charge in [0, 0.05) is 0 Å². The summed E-state index contributed by atoms with van der Waals surface area (Å²) in [6.45, 7) is 4.04. The Balaban J connectivity index is 1.99. The highest BCUT2D eigenvalue weighted by atomic mass is 16.8. The molecule has 3 fully saturated rings. The summed E-state index contributed by atoms with van der Waals surface area (Å²) in [5.41, 5.74) is 0.560. The highest BCUT2D eigenvalue weighted by Gasteiger charge is 2.59. The van der Waals surface area contributed by atoms with E-state index in [0.29, 0.717) is 12.3 Å². The number of fused-ring (bicyclic) bond motifs is 4. The molecular formula is C10H15NO5. The number of ether oxygens (including phenoxy) is 4. The van der Waals surface area contributed by atoms with Crippen molar-refractivity contribution < 1.29 is 23.7 Å². The Hall–Kier alpha value is -0.690. The quantitative estimate of drug-likeness (QED) is 0.328. The topological polar surface area (TPSA) is 63.0 Å². The van der Waals surface area contributed by atoms with Gasteiger partial charge in [-0.2, -0.15) is 0 Å². The first-order valence-corrected chi connectivity index (χ1v) is 5.38. The third-order valence-electron chi connectivity index (χ3n) is 3.09. The van der Waals surface area contributed by atoms with Crippen molar-refractivity contribution in [2.45, 2.75) is 44.2 Å². The Kier molecular flexibility index (Phi) is 2.07. The summed E-state index contributed by atoms with van der Waals surface area (Å²) < 4.78 is 23.3. The fourth-order valence-corrected chi connectivity index (χ4v) is 2.53. The van der Waals surface area contributed by atoms with E-state index in [1.807, 2.05) is 13.8 Å². The number of hydrogen-bond acceptors (Lipinski definition) is 5. The van der Waals surface area contributed by atoms with Crippen LogP contribution in [0.2, 0.25) is 0 Å². The molecule has 6 nitrogen and oxygen atoms in total. The molecule has 0 radical (unpaired) electrons. The molecular weight excluding hydrogens is 214 g/mol. The van der Waals surface area contributed by atoms with Crippen LogP contribution >= 0.6 is 0 Å². The fourth-order valence-electron chi connectivity index (χ4n) is 2.53. The molecule has 2 bridgehead atoms. The number of hydrogen-bond donors (Lipinski definition) is 0. The Morgan fingerprint density at radius 2 is 2.12 bits per heavy atom. The van der Waals surface area contributed by atoms with E-state index >= 15 is 0 Å². The predicted molar refractivity (Wildman–Crippen MR) is 53.0 cm³/mol. The van der Waals surface area contributed by atoms with Crippen LogP contribution in [-0.4, -0.2) is 54.5 Å². The molecule has 3 saturated heterocycles. The van der Waals surface area contributed by atoms with Gasteiger partial charge in [-0.15, -0.1) is 0 Å². The lowest BCUT2D eigenvalue weighted by molar-refractivity contribution is -0.432. The van der Waals surface area contributed by atoms with Gasteiger partial charge >= 0.3 is 0 Å². The highest BCUT2D eigenvalue weighted by Crippen LogP contribution is 2.38. The molecule has 6 heteroatoms. The van der Waals surface area contributed by atoms with Crippen LogP contribution in [0.5, 0.6) is 0 Å². The lowest BCUT2D eigenvalue weighted by atomic mass is 10.0. The second-order valence-corrected chi connectivity index (χ2v) is 4.77. The van der Waals surface area contributed by atoms with E-state index in [1.54, 1.807) is 0 Å². The molecule has 3 aliphatic heterocycles. The van der Waals surface area contributed by atoms with Crippen molar-refractivity contribution in [3.63, 3.8) is 0 Å². The van der Waals surface area contributed by atoms with Crippen LogP contribution in [0.1, 0.15) is 13.8 Å². The van der Waals surface area contributed by atoms with Gasteiger partial charge < -0.3 is 24.2 Å². The molecule has 0 saturated carbocycles. The molecule has 0 aromatic heterocycles. The van der Waals surface area contributed by atoms with Gasteiger partial charge in [0.2, 0.25) is 5.71 Å². The first kappa shape index (κ1) is 10.5. The third kappa shape index (κ3) is 1.37. The number of hydroxylamine groups is 1. The van der Waals surface area contributed by atoms with Crippen molar-refractivity contribution in [2.75, 3.05) is 13.7 Å². The van der Waals surface area contributed by atoms with Crippen LogP contribution in [0.3, 0.4) is 0 Å². The first-order valence-electron chi connectivity index (χ1n) is 5.38. The van der Waals surface area contributed by atoms with E-state index in [4.69, 9.17) is 18.9 Å². The Labute approximate surface area is 93.3 Å². The highest BCUT2D eigenvalue weighted by molar-refractivity contribution is 5.90. The Bertz CT molecular complexity index is 349. The van der Waals surface area contributed by atoms with Gasteiger partial charge in [0.25, 0.3) is 0 Å². The molecule has 90 valence electrons. The molecule has 0 aromatic carbocycles. The average molecular weight is 229 g/mol. The SMILES string of the molecule is C/[N+]([O-])=C1/[C@H]2CO[C@H](O2)[C@H]2OC(C)(C)O[C@@H]12. The number of nitrogens with zero attached hydrogens (tertiary/aromatic N) is 1. The van der Waals surface area contributed by atoms with Gasteiger partial charge in [-0.3, -0.25) is 0 Å². The smallest absolute Gasteiger partial charge is 0.226 e.